The van der Waals surface area contributed by atoms with E-state index in [4.69, 9.17) is 15.1 Å². The molecule has 1 heterocycles. The second kappa shape index (κ2) is 5.05. The van der Waals surface area contributed by atoms with Crippen LogP contribution in [0, 0.1) is 0 Å². The molecule has 0 bridgehead atoms. The largest absolute Gasteiger partial charge is 0.441 e. The Labute approximate surface area is 104 Å². The van der Waals surface area contributed by atoms with Crippen LogP contribution in [0.2, 0.25) is 0 Å². The van der Waals surface area contributed by atoms with Crippen LogP contribution in [0.25, 0.3) is 0 Å². The van der Waals surface area contributed by atoms with E-state index in [1.165, 1.54) is 4.90 Å². The number of anilines is 1. The van der Waals surface area contributed by atoms with E-state index in [-0.39, 0.29) is 6.61 Å². The first kappa shape index (κ1) is 12.4. The van der Waals surface area contributed by atoms with Crippen molar-refractivity contribution in [2.45, 2.75) is 13.0 Å². The Morgan fingerprint density at radius 3 is 2.67 bits per heavy atom. The lowest BCUT2D eigenvalue weighted by atomic mass is 10.1. The van der Waals surface area contributed by atoms with Gasteiger partial charge < -0.3 is 15.1 Å². The molecule has 1 aliphatic heterocycles. The van der Waals surface area contributed by atoms with Crippen LogP contribution >= 0.6 is 0 Å². The molecule has 1 fully saturated rings. The number of hydrogen-bond donors (Lipinski definition) is 2. The van der Waals surface area contributed by atoms with E-state index in [1.54, 1.807) is 31.2 Å². The minimum atomic E-state index is -0.474. The number of aliphatic hydroxyl groups is 1. The summed E-state index contributed by atoms with van der Waals surface area (Å²) in [6, 6.07) is 6.99. The third-order valence-corrected chi connectivity index (χ3v) is 2.82. The predicted molar refractivity (Wildman–Crippen MR) is 65.1 cm³/mol. The average molecular weight is 250 g/mol. The summed E-state index contributed by atoms with van der Waals surface area (Å²) in [5.41, 5.74) is 1.96. The molecule has 6 nitrogen and oxygen atoms in total. The van der Waals surface area contributed by atoms with Gasteiger partial charge in [0.25, 0.3) is 0 Å². The fourth-order valence-electron chi connectivity index (χ4n) is 1.77. The highest BCUT2D eigenvalue weighted by Gasteiger charge is 2.31. The third-order valence-electron chi connectivity index (χ3n) is 2.82. The van der Waals surface area contributed by atoms with Crippen LogP contribution in [0.3, 0.4) is 0 Å². The van der Waals surface area contributed by atoms with Crippen molar-refractivity contribution in [3.63, 3.8) is 0 Å². The molecule has 0 saturated carbocycles. The first-order chi connectivity index (χ1) is 8.65. The molecular weight excluding hydrogens is 236 g/mol. The number of amides is 1. The Bertz CT molecular complexity index is 469. The van der Waals surface area contributed by atoms with Crippen molar-refractivity contribution in [2.75, 3.05) is 18.1 Å². The zero-order valence-corrected chi connectivity index (χ0v) is 9.91. The summed E-state index contributed by atoms with van der Waals surface area (Å²) in [7, 11) is 0. The van der Waals surface area contributed by atoms with Gasteiger partial charge in [-0.25, -0.2) is 4.79 Å². The number of carbonyl (C=O) groups is 1. The minimum absolute atomic E-state index is 0.184. The van der Waals surface area contributed by atoms with E-state index in [1.807, 2.05) is 0 Å². The molecular formula is C12H14N2O4. The van der Waals surface area contributed by atoms with Gasteiger partial charge >= 0.3 is 6.09 Å². The molecule has 1 saturated heterocycles. The maximum absolute atomic E-state index is 11.5. The molecule has 0 aliphatic carbocycles. The van der Waals surface area contributed by atoms with Crippen LogP contribution < -0.4 is 4.90 Å². The van der Waals surface area contributed by atoms with Crippen molar-refractivity contribution in [2.24, 2.45) is 5.16 Å². The van der Waals surface area contributed by atoms with Gasteiger partial charge in [-0.05, 0) is 24.6 Å². The van der Waals surface area contributed by atoms with Crippen molar-refractivity contribution in [1.29, 1.82) is 0 Å². The number of aliphatic hydroxyl groups excluding tert-OH is 1. The smallest absolute Gasteiger partial charge is 0.414 e. The summed E-state index contributed by atoms with van der Waals surface area (Å²) in [5, 5.41) is 20.7. The maximum atomic E-state index is 11.5. The van der Waals surface area contributed by atoms with E-state index < -0.39 is 12.2 Å². The fraction of sp³-hybridized carbons (Fsp3) is 0.333. The molecule has 1 amide bonds. The van der Waals surface area contributed by atoms with Crippen LogP contribution in [0.5, 0.6) is 0 Å². The number of benzene rings is 1. The SMILES string of the molecule is C/C(=N\O)c1ccc(N2CC(CO)OC2=O)cc1. The lowest BCUT2D eigenvalue weighted by molar-refractivity contribution is 0.0963. The van der Waals surface area contributed by atoms with Gasteiger partial charge in [0.15, 0.2) is 0 Å². The number of carbonyl (C=O) groups excluding carboxylic acids is 1. The molecule has 0 radical (unpaired) electrons. The van der Waals surface area contributed by atoms with Crippen LogP contribution in [-0.2, 0) is 4.74 Å². The number of hydrogen-bond acceptors (Lipinski definition) is 5. The Morgan fingerprint density at radius 2 is 2.17 bits per heavy atom. The molecule has 1 aromatic rings. The first-order valence-corrected chi connectivity index (χ1v) is 5.54. The van der Waals surface area contributed by atoms with Crippen LogP contribution in [-0.4, -0.2) is 41.4 Å². The van der Waals surface area contributed by atoms with E-state index in [0.29, 0.717) is 17.9 Å². The van der Waals surface area contributed by atoms with E-state index >= 15 is 0 Å². The van der Waals surface area contributed by atoms with Crippen molar-refractivity contribution < 1.29 is 19.8 Å². The van der Waals surface area contributed by atoms with E-state index in [2.05, 4.69) is 5.16 Å². The fourth-order valence-corrected chi connectivity index (χ4v) is 1.77. The van der Waals surface area contributed by atoms with Gasteiger partial charge in [0.2, 0.25) is 0 Å². The quantitative estimate of drug-likeness (QED) is 0.480. The van der Waals surface area contributed by atoms with Gasteiger partial charge in [-0.1, -0.05) is 17.3 Å². The number of nitrogens with zero attached hydrogens (tertiary/aromatic N) is 2. The molecule has 2 rings (SSSR count). The second-order valence-electron chi connectivity index (χ2n) is 4.03. The zero-order chi connectivity index (χ0) is 13.1. The summed E-state index contributed by atoms with van der Waals surface area (Å²) in [5.74, 6) is 0. The summed E-state index contributed by atoms with van der Waals surface area (Å²) < 4.78 is 4.95. The molecule has 1 aromatic carbocycles. The minimum Gasteiger partial charge on any atom is -0.441 e. The summed E-state index contributed by atoms with van der Waals surface area (Å²) >= 11 is 0. The molecule has 6 heteroatoms. The second-order valence-corrected chi connectivity index (χ2v) is 4.03. The highest BCUT2D eigenvalue weighted by atomic mass is 16.6. The molecule has 18 heavy (non-hydrogen) atoms. The Morgan fingerprint density at radius 1 is 1.50 bits per heavy atom. The normalized spacial score (nSPS) is 20.1. The average Bonchev–Trinajstić information content (AvgIpc) is 2.79. The van der Waals surface area contributed by atoms with Crippen molar-refractivity contribution in [1.82, 2.24) is 0 Å². The molecule has 1 aliphatic rings. The van der Waals surface area contributed by atoms with Gasteiger partial charge in [-0.2, -0.15) is 0 Å². The monoisotopic (exact) mass is 250 g/mol. The van der Waals surface area contributed by atoms with Crippen LogP contribution in [0.15, 0.2) is 29.4 Å². The Hall–Kier alpha value is -2.08. The molecule has 2 N–H and O–H groups in total. The molecule has 96 valence electrons. The first-order valence-electron chi connectivity index (χ1n) is 5.54. The van der Waals surface area contributed by atoms with Gasteiger partial charge in [0, 0.05) is 5.69 Å². The van der Waals surface area contributed by atoms with Crippen LogP contribution in [0.4, 0.5) is 10.5 Å². The number of ether oxygens (including phenoxy) is 1. The highest BCUT2D eigenvalue weighted by Crippen LogP contribution is 2.22. The Balaban J connectivity index is 2.18. The zero-order valence-electron chi connectivity index (χ0n) is 9.91. The standard InChI is InChI=1S/C12H14N2O4/c1-8(13-17)9-2-4-10(5-3-9)14-6-11(7-15)18-12(14)16/h2-5,11,15,17H,6-7H2,1H3/b13-8+. The lowest BCUT2D eigenvalue weighted by Crippen LogP contribution is -2.25. The summed E-state index contributed by atoms with van der Waals surface area (Å²) in [6.45, 7) is 1.83. The highest BCUT2D eigenvalue weighted by molar-refractivity contribution is 5.99. The predicted octanol–water partition coefficient (Wildman–Crippen LogP) is 1.20. The third kappa shape index (κ3) is 2.28. The molecule has 0 aromatic heterocycles. The summed E-state index contributed by atoms with van der Waals surface area (Å²) in [6.07, 6.45) is -0.938. The van der Waals surface area contributed by atoms with Gasteiger partial charge in [-0.15, -0.1) is 0 Å². The van der Waals surface area contributed by atoms with Crippen molar-refractivity contribution >= 4 is 17.5 Å². The van der Waals surface area contributed by atoms with Gasteiger partial charge in [-0.3, -0.25) is 4.90 Å². The van der Waals surface area contributed by atoms with Crippen molar-refractivity contribution in [3.8, 4) is 0 Å². The van der Waals surface area contributed by atoms with Crippen LogP contribution in [0.1, 0.15) is 12.5 Å². The lowest BCUT2D eigenvalue weighted by Gasteiger charge is -2.13. The molecule has 1 atom stereocenters. The van der Waals surface area contributed by atoms with Crippen molar-refractivity contribution in [3.05, 3.63) is 29.8 Å². The number of oxime groups is 1. The Kier molecular flexibility index (Phi) is 3.47. The number of cyclic esters (lactones) is 1. The molecule has 0 spiro atoms. The molecule has 1 unspecified atom stereocenters. The van der Waals surface area contributed by atoms with Gasteiger partial charge in [0.05, 0.1) is 18.9 Å². The van der Waals surface area contributed by atoms with E-state index in [9.17, 15) is 4.79 Å². The maximum Gasteiger partial charge on any atom is 0.414 e. The van der Waals surface area contributed by atoms with Gasteiger partial charge in [0.1, 0.15) is 6.10 Å². The van der Waals surface area contributed by atoms with E-state index in [0.717, 1.165) is 5.56 Å². The topological polar surface area (TPSA) is 82.4 Å². The summed E-state index contributed by atoms with van der Waals surface area (Å²) in [4.78, 5) is 13.0. The number of rotatable bonds is 3.